The van der Waals surface area contributed by atoms with Crippen molar-refractivity contribution in [2.75, 3.05) is 11.9 Å². The molecule has 0 saturated heterocycles. The van der Waals surface area contributed by atoms with Gasteiger partial charge in [0, 0.05) is 6.54 Å². The summed E-state index contributed by atoms with van der Waals surface area (Å²) in [7, 11) is 0. The number of carbonyl (C=O) groups excluding carboxylic acids is 1. The summed E-state index contributed by atoms with van der Waals surface area (Å²) in [5.41, 5.74) is 1.57. The number of nitrogens with zero attached hydrogens (tertiary/aromatic N) is 2. The van der Waals surface area contributed by atoms with Gasteiger partial charge in [0.2, 0.25) is 0 Å². The Hall–Kier alpha value is -1.46. The maximum Gasteiger partial charge on any atom is 0.156 e. The van der Waals surface area contributed by atoms with E-state index in [0.717, 1.165) is 6.42 Å². The predicted molar refractivity (Wildman–Crippen MR) is 73.7 cm³/mol. The highest BCUT2D eigenvalue weighted by Gasteiger charge is 2.10. The standard InChI is InChI=1S/C12H12ClN3OS/c1-8-15-11(13)10(6-17)12(16-8)14-4-2-9-3-5-18-7-9/h3,5-7H,2,4H2,1H3,(H,14,15,16). The van der Waals surface area contributed by atoms with Crippen molar-refractivity contribution in [2.45, 2.75) is 13.3 Å². The number of carbonyl (C=O) groups is 1. The lowest BCUT2D eigenvalue weighted by Gasteiger charge is -2.08. The van der Waals surface area contributed by atoms with E-state index in [1.54, 1.807) is 18.3 Å². The van der Waals surface area contributed by atoms with Crippen LogP contribution in [0.15, 0.2) is 16.8 Å². The minimum absolute atomic E-state index is 0.190. The molecule has 2 aromatic rings. The topological polar surface area (TPSA) is 54.9 Å². The molecule has 0 radical (unpaired) electrons. The fraction of sp³-hybridized carbons (Fsp3) is 0.250. The summed E-state index contributed by atoms with van der Waals surface area (Å²) in [4.78, 5) is 19.1. The number of hydrogen-bond acceptors (Lipinski definition) is 5. The quantitative estimate of drug-likeness (QED) is 0.676. The molecule has 0 aliphatic rings. The van der Waals surface area contributed by atoms with Crippen LogP contribution in [0.5, 0.6) is 0 Å². The Morgan fingerprint density at radius 1 is 1.50 bits per heavy atom. The normalized spacial score (nSPS) is 10.3. The van der Waals surface area contributed by atoms with Crippen LogP contribution in [0.4, 0.5) is 5.82 Å². The van der Waals surface area contributed by atoms with Crippen LogP contribution in [0, 0.1) is 6.92 Å². The van der Waals surface area contributed by atoms with Crippen LogP contribution < -0.4 is 5.32 Å². The second kappa shape index (κ2) is 5.93. The van der Waals surface area contributed by atoms with Crippen molar-refractivity contribution in [2.24, 2.45) is 0 Å². The van der Waals surface area contributed by atoms with Crippen molar-refractivity contribution >= 4 is 35.0 Å². The van der Waals surface area contributed by atoms with E-state index in [9.17, 15) is 4.79 Å². The Labute approximate surface area is 114 Å². The van der Waals surface area contributed by atoms with Crippen molar-refractivity contribution < 1.29 is 4.79 Å². The molecule has 2 aromatic heterocycles. The lowest BCUT2D eigenvalue weighted by atomic mass is 10.2. The summed E-state index contributed by atoms with van der Waals surface area (Å²) in [6.45, 7) is 2.44. The van der Waals surface area contributed by atoms with Gasteiger partial charge >= 0.3 is 0 Å². The van der Waals surface area contributed by atoms with Gasteiger partial charge in [-0.2, -0.15) is 11.3 Å². The molecule has 1 N–H and O–H groups in total. The van der Waals surface area contributed by atoms with Crippen LogP contribution in [-0.2, 0) is 6.42 Å². The van der Waals surface area contributed by atoms with Crippen LogP contribution in [0.25, 0.3) is 0 Å². The number of thiophene rings is 1. The SMILES string of the molecule is Cc1nc(Cl)c(C=O)c(NCCc2ccsc2)n1. The molecule has 18 heavy (non-hydrogen) atoms. The highest BCUT2D eigenvalue weighted by Crippen LogP contribution is 2.19. The van der Waals surface area contributed by atoms with E-state index in [2.05, 4.69) is 26.7 Å². The number of anilines is 1. The molecule has 0 bridgehead atoms. The van der Waals surface area contributed by atoms with Crippen molar-refractivity contribution in [3.63, 3.8) is 0 Å². The molecule has 2 rings (SSSR count). The first-order valence-electron chi connectivity index (χ1n) is 5.45. The van der Waals surface area contributed by atoms with E-state index in [1.807, 2.05) is 5.38 Å². The molecule has 4 nitrogen and oxygen atoms in total. The van der Waals surface area contributed by atoms with E-state index < -0.39 is 0 Å². The minimum Gasteiger partial charge on any atom is -0.369 e. The maximum atomic E-state index is 10.9. The number of aldehydes is 1. The molecular formula is C12H12ClN3OS. The van der Waals surface area contributed by atoms with Crippen LogP contribution in [0.1, 0.15) is 21.7 Å². The first-order valence-corrected chi connectivity index (χ1v) is 6.77. The summed E-state index contributed by atoms with van der Waals surface area (Å²) >= 11 is 7.56. The highest BCUT2D eigenvalue weighted by atomic mass is 35.5. The summed E-state index contributed by atoms with van der Waals surface area (Å²) in [5, 5.41) is 7.45. The molecule has 0 atom stereocenters. The third-order valence-corrected chi connectivity index (χ3v) is 3.44. The molecule has 2 heterocycles. The van der Waals surface area contributed by atoms with Gasteiger partial charge in [-0.25, -0.2) is 9.97 Å². The first-order chi connectivity index (χ1) is 8.70. The molecule has 0 unspecified atom stereocenters. The smallest absolute Gasteiger partial charge is 0.156 e. The first kappa shape index (κ1) is 13.0. The molecule has 0 amide bonds. The van der Waals surface area contributed by atoms with Crippen LogP contribution in [0.2, 0.25) is 5.15 Å². The van der Waals surface area contributed by atoms with Gasteiger partial charge in [-0.05, 0) is 35.7 Å². The fourth-order valence-corrected chi connectivity index (χ4v) is 2.51. The molecule has 0 aromatic carbocycles. The van der Waals surface area contributed by atoms with E-state index in [0.29, 0.717) is 30.0 Å². The van der Waals surface area contributed by atoms with Gasteiger partial charge in [0.05, 0.1) is 5.56 Å². The van der Waals surface area contributed by atoms with Gasteiger partial charge < -0.3 is 5.32 Å². The molecule has 0 saturated carbocycles. The van der Waals surface area contributed by atoms with Crippen molar-refractivity contribution in [1.82, 2.24) is 9.97 Å². The third kappa shape index (κ3) is 3.05. The van der Waals surface area contributed by atoms with Gasteiger partial charge in [-0.3, -0.25) is 4.79 Å². The van der Waals surface area contributed by atoms with E-state index in [-0.39, 0.29) is 5.15 Å². The number of rotatable bonds is 5. The maximum absolute atomic E-state index is 10.9. The lowest BCUT2D eigenvalue weighted by Crippen LogP contribution is -2.10. The Bertz CT molecular complexity index is 543. The predicted octanol–water partition coefficient (Wildman–Crippen LogP) is 2.97. The van der Waals surface area contributed by atoms with E-state index >= 15 is 0 Å². The third-order valence-electron chi connectivity index (χ3n) is 2.42. The zero-order valence-corrected chi connectivity index (χ0v) is 11.4. The Balaban J connectivity index is 2.06. The average molecular weight is 282 g/mol. The molecule has 0 fully saturated rings. The number of aryl methyl sites for hydroxylation is 1. The van der Waals surface area contributed by atoms with Crippen LogP contribution in [0.3, 0.4) is 0 Å². The summed E-state index contributed by atoms with van der Waals surface area (Å²) in [6.07, 6.45) is 1.55. The highest BCUT2D eigenvalue weighted by molar-refractivity contribution is 7.07. The van der Waals surface area contributed by atoms with Gasteiger partial charge in [-0.1, -0.05) is 11.6 Å². The van der Waals surface area contributed by atoms with Crippen LogP contribution in [-0.4, -0.2) is 22.8 Å². The number of nitrogens with one attached hydrogen (secondary N) is 1. The second-order valence-electron chi connectivity index (χ2n) is 3.75. The summed E-state index contributed by atoms with van der Waals surface area (Å²) < 4.78 is 0. The van der Waals surface area contributed by atoms with Gasteiger partial charge in [0.15, 0.2) is 6.29 Å². The lowest BCUT2D eigenvalue weighted by molar-refractivity contribution is 0.112. The van der Waals surface area contributed by atoms with Gasteiger partial charge in [0.25, 0.3) is 0 Å². The van der Waals surface area contributed by atoms with E-state index in [4.69, 9.17) is 11.6 Å². The number of aromatic nitrogens is 2. The second-order valence-corrected chi connectivity index (χ2v) is 4.89. The molecule has 0 aliphatic heterocycles. The Morgan fingerprint density at radius 2 is 2.33 bits per heavy atom. The van der Waals surface area contributed by atoms with Gasteiger partial charge in [0.1, 0.15) is 16.8 Å². The minimum atomic E-state index is 0.190. The molecule has 0 aliphatic carbocycles. The van der Waals surface area contributed by atoms with Gasteiger partial charge in [-0.15, -0.1) is 0 Å². The zero-order chi connectivity index (χ0) is 13.0. The number of hydrogen-bond donors (Lipinski definition) is 1. The molecule has 6 heteroatoms. The molecule has 0 spiro atoms. The Morgan fingerprint density at radius 3 is 3.00 bits per heavy atom. The fourth-order valence-electron chi connectivity index (χ4n) is 1.55. The van der Waals surface area contributed by atoms with Crippen molar-refractivity contribution in [1.29, 1.82) is 0 Å². The van der Waals surface area contributed by atoms with Crippen molar-refractivity contribution in [3.8, 4) is 0 Å². The monoisotopic (exact) mass is 281 g/mol. The largest absolute Gasteiger partial charge is 0.369 e. The van der Waals surface area contributed by atoms with E-state index in [1.165, 1.54) is 5.56 Å². The zero-order valence-electron chi connectivity index (χ0n) is 9.81. The average Bonchev–Trinajstić information content (AvgIpc) is 2.81. The molecular weight excluding hydrogens is 270 g/mol. The van der Waals surface area contributed by atoms with Crippen LogP contribution >= 0.6 is 22.9 Å². The number of halogens is 1. The Kier molecular flexibility index (Phi) is 4.28. The summed E-state index contributed by atoms with van der Waals surface area (Å²) in [5.74, 6) is 1.04. The summed E-state index contributed by atoms with van der Waals surface area (Å²) in [6, 6.07) is 2.07. The van der Waals surface area contributed by atoms with Crippen molar-refractivity contribution in [3.05, 3.63) is 38.9 Å². The molecule has 94 valence electrons.